The van der Waals surface area contributed by atoms with Crippen molar-refractivity contribution in [2.75, 3.05) is 37.7 Å². The number of Topliss-reactive ketones (excluding diaryl/α,β-unsaturated/α-hetero) is 1. The van der Waals surface area contributed by atoms with E-state index in [0.29, 0.717) is 31.0 Å². The van der Waals surface area contributed by atoms with Crippen LogP contribution in [0.4, 0.5) is 13.2 Å². The Morgan fingerprint density at radius 2 is 1.92 bits per heavy atom. The van der Waals surface area contributed by atoms with Gasteiger partial charge in [-0.25, -0.2) is 0 Å². The van der Waals surface area contributed by atoms with Crippen LogP contribution in [0.5, 0.6) is 0 Å². The number of thioether (sulfide) groups is 1. The molecule has 0 radical (unpaired) electrons. The number of nitrogens with one attached hydrogen (secondary N) is 2. The van der Waals surface area contributed by atoms with Crippen molar-refractivity contribution in [3.05, 3.63) is 66.0 Å². The van der Waals surface area contributed by atoms with E-state index in [1.807, 2.05) is 18.2 Å². The normalized spacial score (nSPS) is 16.8. The number of hydrogen-bond acceptors (Lipinski definition) is 6. The van der Waals surface area contributed by atoms with Crippen LogP contribution in [0.25, 0.3) is 0 Å². The Kier molecular flexibility index (Phi) is 10.9. The Labute approximate surface area is 218 Å². The third kappa shape index (κ3) is 9.47. The van der Waals surface area contributed by atoms with E-state index < -0.39 is 29.7 Å². The number of benzene rings is 1. The third-order valence-corrected chi connectivity index (χ3v) is 7.19. The van der Waals surface area contributed by atoms with Gasteiger partial charge in [0.25, 0.3) is 5.91 Å². The van der Waals surface area contributed by atoms with E-state index in [1.54, 1.807) is 12.1 Å². The van der Waals surface area contributed by atoms with E-state index in [-0.39, 0.29) is 18.1 Å². The van der Waals surface area contributed by atoms with Gasteiger partial charge in [-0.15, -0.1) is 0 Å². The third-order valence-electron chi connectivity index (χ3n) is 6.15. The predicted molar refractivity (Wildman–Crippen MR) is 136 cm³/mol. The summed E-state index contributed by atoms with van der Waals surface area (Å²) in [7, 11) is 0. The van der Waals surface area contributed by atoms with Gasteiger partial charge in [-0.1, -0.05) is 30.3 Å². The molecule has 1 aliphatic heterocycles. The van der Waals surface area contributed by atoms with Crippen LogP contribution in [-0.4, -0.2) is 77.4 Å². The molecule has 1 fully saturated rings. The van der Waals surface area contributed by atoms with Gasteiger partial charge in [-0.3, -0.25) is 19.4 Å². The van der Waals surface area contributed by atoms with Crippen molar-refractivity contribution in [2.45, 2.75) is 37.4 Å². The summed E-state index contributed by atoms with van der Waals surface area (Å²) in [5, 5.41) is 5.58. The van der Waals surface area contributed by atoms with Crippen molar-refractivity contribution in [1.29, 1.82) is 0 Å². The number of amides is 2. The maximum absolute atomic E-state index is 12.9. The molecule has 11 heteroatoms. The van der Waals surface area contributed by atoms with Crippen LogP contribution in [0.2, 0.25) is 0 Å². The lowest BCUT2D eigenvalue weighted by molar-refractivity contribution is -0.167. The Morgan fingerprint density at radius 3 is 2.62 bits per heavy atom. The number of rotatable bonds is 13. The first-order valence-electron chi connectivity index (χ1n) is 12.2. The minimum absolute atomic E-state index is 0.227. The number of carbonyl (C=O) groups excluding carboxylic acids is 3. The highest BCUT2D eigenvalue weighted by Crippen LogP contribution is 2.26. The average Bonchev–Trinajstić information content (AvgIpc) is 3.37. The van der Waals surface area contributed by atoms with Crippen LogP contribution in [0.1, 0.15) is 41.1 Å². The van der Waals surface area contributed by atoms with Gasteiger partial charge in [0.05, 0.1) is 11.3 Å². The summed E-state index contributed by atoms with van der Waals surface area (Å²) in [5.74, 6) is -2.55. The van der Waals surface area contributed by atoms with Crippen molar-refractivity contribution < 1.29 is 27.6 Å². The Balaban J connectivity index is 1.47. The fourth-order valence-corrected chi connectivity index (χ4v) is 5.00. The highest BCUT2D eigenvalue weighted by Gasteiger charge is 2.37. The van der Waals surface area contributed by atoms with Gasteiger partial charge in [0.15, 0.2) is 0 Å². The number of nitrogens with zero attached hydrogens (tertiary/aromatic N) is 2. The van der Waals surface area contributed by atoms with E-state index in [4.69, 9.17) is 0 Å². The average molecular weight is 537 g/mol. The molecule has 2 heterocycles. The van der Waals surface area contributed by atoms with Gasteiger partial charge in [0.1, 0.15) is 6.04 Å². The van der Waals surface area contributed by atoms with Crippen molar-refractivity contribution >= 4 is 29.4 Å². The molecule has 1 aliphatic rings. The highest BCUT2D eigenvalue weighted by molar-refractivity contribution is 7.99. The number of pyridine rings is 1. The lowest BCUT2D eigenvalue weighted by Crippen LogP contribution is -2.48. The molecule has 1 saturated heterocycles. The topological polar surface area (TPSA) is 91.4 Å². The summed E-state index contributed by atoms with van der Waals surface area (Å²) < 4.78 is 37.1. The molecular formula is C26H31F3N4O3S. The Morgan fingerprint density at radius 1 is 1.14 bits per heavy atom. The second-order valence-electron chi connectivity index (χ2n) is 8.87. The summed E-state index contributed by atoms with van der Waals surface area (Å²) in [6, 6.07) is 12.6. The van der Waals surface area contributed by atoms with Gasteiger partial charge in [0.2, 0.25) is 11.7 Å². The minimum atomic E-state index is -4.84. The lowest BCUT2D eigenvalue weighted by atomic mass is 9.99. The monoisotopic (exact) mass is 536 g/mol. The first-order chi connectivity index (χ1) is 17.7. The summed E-state index contributed by atoms with van der Waals surface area (Å²) in [4.78, 5) is 42.7. The van der Waals surface area contributed by atoms with Crippen molar-refractivity contribution in [3.63, 3.8) is 0 Å². The molecule has 7 nitrogen and oxygen atoms in total. The molecule has 0 aliphatic carbocycles. The number of halogens is 3. The fourth-order valence-electron chi connectivity index (χ4n) is 4.14. The van der Waals surface area contributed by atoms with Crippen LogP contribution >= 0.6 is 11.8 Å². The second kappa shape index (κ2) is 14.1. The smallest absolute Gasteiger partial charge is 0.353 e. The number of ketones is 1. The molecule has 0 bridgehead atoms. The van der Waals surface area contributed by atoms with Crippen LogP contribution in [-0.2, 0) is 9.59 Å². The first-order valence-corrected chi connectivity index (χ1v) is 13.3. The molecule has 2 amide bonds. The van der Waals surface area contributed by atoms with Crippen molar-refractivity contribution in [1.82, 2.24) is 20.5 Å². The van der Waals surface area contributed by atoms with Crippen molar-refractivity contribution in [3.8, 4) is 0 Å². The van der Waals surface area contributed by atoms with Gasteiger partial charge < -0.3 is 15.5 Å². The number of alkyl halides is 3. The zero-order valence-corrected chi connectivity index (χ0v) is 21.2. The molecule has 2 N–H and O–H groups in total. The Bertz CT molecular complexity index is 1020. The molecule has 200 valence electrons. The number of aromatic nitrogens is 1. The van der Waals surface area contributed by atoms with Crippen LogP contribution in [0.3, 0.4) is 0 Å². The molecular weight excluding hydrogens is 505 g/mol. The van der Waals surface area contributed by atoms with Crippen LogP contribution in [0, 0.1) is 0 Å². The molecule has 2 aromatic rings. The molecule has 37 heavy (non-hydrogen) atoms. The quantitative estimate of drug-likeness (QED) is 0.381. The molecule has 1 aromatic carbocycles. The zero-order valence-electron chi connectivity index (χ0n) is 20.4. The van der Waals surface area contributed by atoms with Gasteiger partial charge in [0, 0.05) is 32.0 Å². The summed E-state index contributed by atoms with van der Waals surface area (Å²) in [6.07, 6.45) is -0.294. The SMILES string of the molecule is O=C(N[C@@H](CCCSCC(=O)C(F)(F)F)C(=O)NCCN1CCC(c2ccccc2)C1)c1cccnc1. The number of likely N-dealkylation sites (tertiary alicyclic amines) is 1. The molecule has 1 aromatic heterocycles. The summed E-state index contributed by atoms with van der Waals surface area (Å²) in [5.41, 5.74) is 1.61. The standard InChI is InChI=1S/C26H31F3N4O3S/c27-26(28,29)23(34)18-37-15-5-9-22(32-24(35)20-8-4-11-30-16-20)25(36)31-12-14-33-13-10-21(17-33)19-6-2-1-3-7-19/h1-4,6-8,11,16,21-22H,5,9-10,12-15,17-18H2,(H,31,36)(H,32,35)/t21?,22-/m0/s1. The van der Waals surface area contributed by atoms with Gasteiger partial charge in [-0.2, -0.15) is 24.9 Å². The fraction of sp³-hybridized carbons (Fsp3) is 0.462. The summed E-state index contributed by atoms with van der Waals surface area (Å²) >= 11 is 0.860. The molecule has 0 spiro atoms. The first kappa shape index (κ1) is 28.6. The maximum Gasteiger partial charge on any atom is 0.450 e. The number of carbonyl (C=O) groups is 3. The molecule has 3 rings (SSSR count). The van der Waals surface area contributed by atoms with Gasteiger partial charge >= 0.3 is 6.18 Å². The second-order valence-corrected chi connectivity index (χ2v) is 9.98. The Hall–Kier alpha value is -2.92. The predicted octanol–water partition coefficient (Wildman–Crippen LogP) is 3.43. The molecule has 1 unspecified atom stereocenters. The van der Waals surface area contributed by atoms with Crippen LogP contribution in [0.15, 0.2) is 54.9 Å². The number of hydrogen-bond donors (Lipinski definition) is 2. The highest BCUT2D eigenvalue weighted by atomic mass is 32.2. The zero-order chi connectivity index (χ0) is 26.7. The molecule has 0 saturated carbocycles. The van der Waals surface area contributed by atoms with E-state index >= 15 is 0 Å². The molecule has 2 atom stereocenters. The van der Waals surface area contributed by atoms with E-state index in [1.165, 1.54) is 18.0 Å². The van der Waals surface area contributed by atoms with E-state index in [9.17, 15) is 27.6 Å². The van der Waals surface area contributed by atoms with Gasteiger partial charge in [-0.05, 0) is 55.2 Å². The maximum atomic E-state index is 12.9. The van der Waals surface area contributed by atoms with E-state index in [0.717, 1.165) is 31.3 Å². The minimum Gasteiger partial charge on any atom is -0.353 e. The van der Waals surface area contributed by atoms with Crippen molar-refractivity contribution in [2.24, 2.45) is 0 Å². The summed E-state index contributed by atoms with van der Waals surface area (Å²) in [6.45, 7) is 2.93. The lowest BCUT2D eigenvalue weighted by Gasteiger charge is -2.20. The largest absolute Gasteiger partial charge is 0.450 e. The van der Waals surface area contributed by atoms with E-state index in [2.05, 4.69) is 32.7 Å². The van der Waals surface area contributed by atoms with Crippen LogP contribution < -0.4 is 10.6 Å².